The zero-order valence-electron chi connectivity index (χ0n) is 12.7. The summed E-state index contributed by atoms with van der Waals surface area (Å²) < 4.78 is 1.82. The minimum Gasteiger partial charge on any atom is -0.312 e. The van der Waals surface area contributed by atoms with Gasteiger partial charge >= 0.3 is 0 Å². The fraction of sp³-hybridized carbons (Fsp3) is 0.167. The average molecular weight is 321 g/mol. The van der Waals surface area contributed by atoms with Gasteiger partial charge in [0, 0.05) is 12.6 Å². The van der Waals surface area contributed by atoms with E-state index in [1.54, 1.807) is 6.33 Å². The summed E-state index contributed by atoms with van der Waals surface area (Å²) in [6.45, 7) is 0. The van der Waals surface area contributed by atoms with Crippen molar-refractivity contribution in [3.63, 3.8) is 0 Å². The number of Topliss-reactive ketones (excluding diaryl/α,β-unsaturated/α-hetero) is 1. The highest BCUT2D eigenvalue weighted by atomic mass is 32.2. The molecule has 114 valence electrons. The standard InChI is InChI=1S/C18H15N3OS/c1-21-11-19-20-18(21)23-10-17(22)14-7-6-13-8-12-4-2-3-5-15(12)16(13)9-14/h2-7,9,11H,8,10H2,1H3. The molecule has 5 heteroatoms. The third-order valence-electron chi connectivity index (χ3n) is 4.12. The summed E-state index contributed by atoms with van der Waals surface area (Å²) >= 11 is 1.42. The number of hydrogen-bond acceptors (Lipinski definition) is 4. The van der Waals surface area contributed by atoms with Crippen molar-refractivity contribution in [3.05, 3.63) is 65.5 Å². The van der Waals surface area contributed by atoms with E-state index < -0.39 is 0 Å². The molecule has 1 aliphatic carbocycles. The molecular weight excluding hydrogens is 306 g/mol. The molecule has 0 amide bonds. The Morgan fingerprint density at radius 3 is 2.83 bits per heavy atom. The van der Waals surface area contributed by atoms with Gasteiger partial charge in [0.1, 0.15) is 6.33 Å². The number of nitrogens with zero attached hydrogens (tertiary/aromatic N) is 3. The Labute approximate surface area is 138 Å². The minimum atomic E-state index is 0.116. The second-order valence-corrected chi connectivity index (χ2v) is 6.58. The molecule has 0 unspecified atom stereocenters. The van der Waals surface area contributed by atoms with E-state index in [9.17, 15) is 4.79 Å². The second kappa shape index (κ2) is 5.66. The van der Waals surface area contributed by atoms with Crippen molar-refractivity contribution in [2.45, 2.75) is 11.6 Å². The van der Waals surface area contributed by atoms with Crippen LogP contribution in [0.1, 0.15) is 21.5 Å². The van der Waals surface area contributed by atoms with Gasteiger partial charge in [-0.2, -0.15) is 0 Å². The summed E-state index contributed by atoms with van der Waals surface area (Å²) in [6, 6.07) is 14.4. The predicted octanol–water partition coefficient (Wildman–Crippen LogP) is 3.36. The molecule has 0 N–H and O–H groups in total. The van der Waals surface area contributed by atoms with E-state index in [2.05, 4.69) is 34.5 Å². The van der Waals surface area contributed by atoms with Crippen molar-refractivity contribution in [3.8, 4) is 11.1 Å². The third kappa shape index (κ3) is 2.57. The Bertz CT molecular complexity index is 901. The summed E-state index contributed by atoms with van der Waals surface area (Å²) in [7, 11) is 1.87. The molecule has 23 heavy (non-hydrogen) atoms. The first-order chi connectivity index (χ1) is 11.2. The summed E-state index contributed by atoms with van der Waals surface area (Å²) in [5, 5.41) is 8.57. The number of ketones is 1. The van der Waals surface area contributed by atoms with Crippen LogP contribution in [-0.4, -0.2) is 26.3 Å². The number of thioether (sulfide) groups is 1. The minimum absolute atomic E-state index is 0.116. The maximum atomic E-state index is 12.5. The average Bonchev–Trinajstić information content (AvgIpc) is 3.15. The van der Waals surface area contributed by atoms with Gasteiger partial charge in [-0.05, 0) is 34.7 Å². The highest BCUT2D eigenvalue weighted by Gasteiger charge is 2.19. The Kier molecular flexibility index (Phi) is 3.50. The molecule has 1 heterocycles. The van der Waals surface area contributed by atoms with Crippen LogP contribution in [0.15, 0.2) is 53.9 Å². The van der Waals surface area contributed by atoms with E-state index in [1.165, 1.54) is 34.0 Å². The zero-order valence-corrected chi connectivity index (χ0v) is 13.5. The van der Waals surface area contributed by atoms with Crippen molar-refractivity contribution in [2.24, 2.45) is 7.05 Å². The maximum Gasteiger partial charge on any atom is 0.191 e. The number of rotatable bonds is 4. The Balaban J connectivity index is 1.57. The van der Waals surface area contributed by atoms with Crippen LogP contribution in [0, 0.1) is 0 Å². The number of fused-ring (bicyclic) bond motifs is 3. The van der Waals surface area contributed by atoms with E-state index in [0.717, 1.165) is 17.1 Å². The molecule has 0 saturated carbocycles. The van der Waals surface area contributed by atoms with Gasteiger partial charge in [0.15, 0.2) is 10.9 Å². The first kappa shape index (κ1) is 14.2. The van der Waals surface area contributed by atoms with E-state index in [0.29, 0.717) is 5.75 Å². The van der Waals surface area contributed by atoms with Crippen molar-refractivity contribution in [1.29, 1.82) is 0 Å². The number of aryl methyl sites for hydroxylation is 1. The Morgan fingerprint density at radius 2 is 2.00 bits per heavy atom. The van der Waals surface area contributed by atoms with E-state index >= 15 is 0 Å². The molecule has 0 saturated heterocycles. The number of hydrogen-bond donors (Lipinski definition) is 0. The largest absolute Gasteiger partial charge is 0.312 e. The molecular formula is C18H15N3OS. The lowest BCUT2D eigenvalue weighted by Crippen LogP contribution is -2.04. The van der Waals surface area contributed by atoms with Crippen molar-refractivity contribution in [2.75, 3.05) is 5.75 Å². The molecule has 0 spiro atoms. The summed E-state index contributed by atoms with van der Waals surface area (Å²) in [6.07, 6.45) is 2.59. The van der Waals surface area contributed by atoms with Crippen molar-refractivity contribution in [1.82, 2.24) is 14.8 Å². The van der Waals surface area contributed by atoms with Crippen LogP contribution < -0.4 is 0 Å². The van der Waals surface area contributed by atoms with Crippen LogP contribution in [0.3, 0.4) is 0 Å². The van der Waals surface area contributed by atoms with Crippen molar-refractivity contribution < 1.29 is 4.79 Å². The van der Waals surface area contributed by atoms with Crippen LogP contribution in [0.4, 0.5) is 0 Å². The summed E-state index contributed by atoms with van der Waals surface area (Å²) in [4.78, 5) is 12.5. The molecule has 0 fully saturated rings. The van der Waals surface area contributed by atoms with Gasteiger partial charge in [-0.15, -0.1) is 10.2 Å². The first-order valence-corrected chi connectivity index (χ1v) is 8.42. The van der Waals surface area contributed by atoms with Gasteiger partial charge in [-0.3, -0.25) is 4.79 Å². The molecule has 3 aromatic rings. The quantitative estimate of drug-likeness (QED) is 0.427. The molecule has 4 rings (SSSR count). The van der Waals surface area contributed by atoms with Gasteiger partial charge in [0.2, 0.25) is 0 Å². The third-order valence-corrected chi connectivity index (χ3v) is 5.16. The fourth-order valence-electron chi connectivity index (χ4n) is 2.91. The van der Waals surface area contributed by atoms with E-state index in [-0.39, 0.29) is 5.78 Å². The number of aromatic nitrogens is 3. The molecule has 0 atom stereocenters. The van der Waals surface area contributed by atoms with E-state index in [4.69, 9.17) is 0 Å². The SMILES string of the molecule is Cn1cnnc1SCC(=O)c1ccc2c(c1)-c1ccccc1C2. The van der Waals surface area contributed by atoms with Gasteiger partial charge in [-0.1, -0.05) is 48.2 Å². The zero-order chi connectivity index (χ0) is 15.8. The lowest BCUT2D eigenvalue weighted by atomic mass is 10.0. The molecule has 0 radical (unpaired) electrons. The molecule has 2 aromatic carbocycles. The molecule has 4 nitrogen and oxygen atoms in total. The van der Waals surface area contributed by atoms with Crippen LogP contribution >= 0.6 is 11.8 Å². The number of carbonyl (C=O) groups excluding carboxylic acids is 1. The van der Waals surface area contributed by atoms with Crippen LogP contribution in [0.5, 0.6) is 0 Å². The fourth-order valence-corrected chi connectivity index (χ4v) is 3.70. The van der Waals surface area contributed by atoms with Crippen LogP contribution in [0.25, 0.3) is 11.1 Å². The van der Waals surface area contributed by atoms with Gasteiger partial charge in [0.25, 0.3) is 0 Å². The molecule has 0 bridgehead atoms. The van der Waals surface area contributed by atoms with Crippen molar-refractivity contribution >= 4 is 17.5 Å². The smallest absolute Gasteiger partial charge is 0.191 e. The van der Waals surface area contributed by atoms with Crippen LogP contribution in [0.2, 0.25) is 0 Å². The van der Waals surface area contributed by atoms with Crippen LogP contribution in [-0.2, 0) is 13.5 Å². The lowest BCUT2D eigenvalue weighted by Gasteiger charge is -2.05. The first-order valence-electron chi connectivity index (χ1n) is 7.43. The second-order valence-electron chi connectivity index (χ2n) is 5.64. The maximum absolute atomic E-state index is 12.5. The highest BCUT2D eigenvalue weighted by Crippen LogP contribution is 2.37. The Morgan fingerprint density at radius 1 is 1.17 bits per heavy atom. The number of carbonyl (C=O) groups is 1. The van der Waals surface area contributed by atoms with Gasteiger partial charge in [-0.25, -0.2) is 0 Å². The molecule has 0 aliphatic heterocycles. The predicted molar refractivity (Wildman–Crippen MR) is 90.7 cm³/mol. The van der Waals surface area contributed by atoms with E-state index in [1.807, 2.05) is 29.8 Å². The molecule has 1 aromatic heterocycles. The van der Waals surface area contributed by atoms with Gasteiger partial charge < -0.3 is 4.57 Å². The Hall–Kier alpha value is -2.40. The summed E-state index contributed by atoms with van der Waals surface area (Å²) in [5.41, 5.74) is 5.83. The topological polar surface area (TPSA) is 47.8 Å². The van der Waals surface area contributed by atoms with Gasteiger partial charge in [0.05, 0.1) is 5.75 Å². The molecule has 1 aliphatic rings. The normalized spacial score (nSPS) is 12.0. The number of benzene rings is 2. The lowest BCUT2D eigenvalue weighted by molar-refractivity contribution is 0.102. The summed E-state index contributed by atoms with van der Waals surface area (Å²) in [5.74, 6) is 0.484. The highest BCUT2D eigenvalue weighted by molar-refractivity contribution is 7.99. The monoisotopic (exact) mass is 321 g/mol.